The number of morpholine rings is 1. The van der Waals surface area contributed by atoms with Gasteiger partial charge in [0, 0.05) is 43.5 Å². The van der Waals surface area contributed by atoms with E-state index in [-0.39, 0.29) is 29.7 Å². The van der Waals surface area contributed by atoms with Crippen LogP contribution in [0.2, 0.25) is 0 Å². The van der Waals surface area contributed by atoms with Crippen LogP contribution in [-0.2, 0) is 24.3 Å². The first kappa shape index (κ1) is 22.3. The van der Waals surface area contributed by atoms with Crippen molar-refractivity contribution >= 4 is 33.2 Å². The summed E-state index contributed by atoms with van der Waals surface area (Å²) in [4.78, 5) is 27.0. The van der Waals surface area contributed by atoms with Crippen LogP contribution < -0.4 is 15.0 Å². The molecule has 2 saturated heterocycles. The number of methoxy groups -OCH3 is 1. The Morgan fingerprint density at radius 1 is 1.12 bits per heavy atom. The molecule has 9 nitrogen and oxygen atoms in total. The summed E-state index contributed by atoms with van der Waals surface area (Å²) in [6.45, 7) is 1.54. The van der Waals surface area contributed by atoms with Crippen molar-refractivity contribution in [3.8, 4) is 5.75 Å². The molecule has 2 amide bonds. The molecule has 0 unspecified atom stereocenters. The molecule has 0 radical (unpaired) electrons. The van der Waals surface area contributed by atoms with Crippen molar-refractivity contribution in [2.75, 3.05) is 50.2 Å². The van der Waals surface area contributed by atoms with E-state index in [9.17, 15) is 18.0 Å². The number of nitrogens with zero attached hydrogens (tertiary/aromatic N) is 2. The van der Waals surface area contributed by atoms with Gasteiger partial charge in [-0.1, -0.05) is 12.1 Å². The molecule has 2 aromatic carbocycles. The maximum absolute atomic E-state index is 12.9. The maximum atomic E-state index is 12.9. The predicted molar refractivity (Wildman–Crippen MR) is 118 cm³/mol. The Morgan fingerprint density at radius 3 is 2.62 bits per heavy atom. The number of nitrogens with one attached hydrogen (secondary N) is 1. The van der Waals surface area contributed by atoms with Gasteiger partial charge in [-0.25, -0.2) is 8.42 Å². The van der Waals surface area contributed by atoms with Crippen molar-refractivity contribution < 1.29 is 27.5 Å². The SMILES string of the molecule is COc1cccc(N2C[C@@H](C(=O)Nc3cccc(S(=O)(=O)N4CCOCC4)c3)CC2=O)c1. The second-order valence-electron chi connectivity index (χ2n) is 7.64. The van der Waals surface area contributed by atoms with Crippen LogP contribution in [0.4, 0.5) is 11.4 Å². The molecule has 1 N–H and O–H groups in total. The first-order chi connectivity index (χ1) is 15.4. The van der Waals surface area contributed by atoms with Crippen molar-refractivity contribution in [3.05, 3.63) is 48.5 Å². The zero-order valence-electron chi connectivity index (χ0n) is 17.7. The smallest absolute Gasteiger partial charge is 0.243 e. The molecule has 0 bridgehead atoms. The molecule has 0 saturated carbocycles. The Morgan fingerprint density at radius 2 is 1.88 bits per heavy atom. The molecule has 0 aromatic heterocycles. The molecule has 2 aliphatic heterocycles. The fourth-order valence-electron chi connectivity index (χ4n) is 3.83. The van der Waals surface area contributed by atoms with Gasteiger partial charge in [-0.3, -0.25) is 9.59 Å². The fourth-order valence-corrected chi connectivity index (χ4v) is 5.28. The normalized spacial score (nSPS) is 19.7. The standard InChI is InChI=1S/C22H25N3O6S/c1-30-19-6-3-5-18(14-19)25-15-16(12-21(25)26)22(27)23-17-4-2-7-20(13-17)32(28,29)24-8-10-31-11-9-24/h2-7,13-14,16H,8-12,15H2,1H3,(H,23,27)/t16-/m0/s1. The van der Waals surface area contributed by atoms with E-state index in [4.69, 9.17) is 9.47 Å². The lowest BCUT2D eigenvalue weighted by Crippen LogP contribution is -2.40. The Balaban J connectivity index is 1.45. The highest BCUT2D eigenvalue weighted by atomic mass is 32.2. The molecule has 170 valence electrons. The molecule has 2 fully saturated rings. The third-order valence-corrected chi connectivity index (χ3v) is 7.46. The zero-order chi connectivity index (χ0) is 22.7. The summed E-state index contributed by atoms with van der Waals surface area (Å²) < 4.78 is 37.6. The van der Waals surface area contributed by atoms with Gasteiger partial charge in [-0.2, -0.15) is 4.31 Å². The topological polar surface area (TPSA) is 105 Å². The maximum Gasteiger partial charge on any atom is 0.243 e. The number of sulfonamides is 1. The monoisotopic (exact) mass is 459 g/mol. The second-order valence-corrected chi connectivity index (χ2v) is 9.58. The van der Waals surface area contributed by atoms with Gasteiger partial charge in [0.05, 0.1) is 31.1 Å². The number of anilines is 2. The summed E-state index contributed by atoms with van der Waals surface area (Å²) >= 11 is 0. The highest BCUT2D eigenvalue weighted by Gasteiger charge is 2.35. The second kappa shape index (κ2) is 9.27. The molecule has 2 aliphatic rings. The summed E-state index contributed by atoms with van der Waals surface area (Å²) in [7, 11) is -2.12. The van der Waals surface area contributed by atoms with Crippen molar-refractivity contribution in [2.45, 2.75) is 11.3 Å². The van der Waals surface area contributed by atoms with Crippen molar-refractivity contribution in [1.29, 1.82) is 0 Å². The van der Waals surface area contributed by atoms with E-state index in [1.807, 2.05) is 0 Å². The fraction of sp³-hybridized carbons (Fsp3) is 0.364. The van der Waals surface area contributed by atoms with Gasteiger partial charge in [0.2, 0.25) is 21.8 Å². The van der Waals surface area contributed by atoms with Gasteiger partial charge in [0.15, 0.2) is 0 Å². The van der Waals surface area contributed by atoms with Crippen molar-refractivity contribution in [1.82, 2.24) is 4.31 Å². The van der Waals surface area contributed by atoms with E-state index in [1.165, 1.54) is 16.4 Å². The van der Waals surface area contributed by atoms with Gasteiger partial charge >= 0.3 is 0 Å². The Hall–Kier alpha value is -2.95. The Labute approximate surface area is 187 Å². The zero-order valence-corrected chi connectivity index (χ0v) is 18.5. The largest absolute Gasteiger partial charge is 0.497 e. The number of ether oxygens (including phenoxy) is 2. The quantitative estimate of drug-likeness (QED) is 0.705. The summed E-state index contributed by atoms with van der Waals surface area (Å²) in [5.74, 6) is -0.401. The number of amides is 2. The molecular formula is C22H25N3O6S. The predicted octanol–water partition coefficient (Wildman–Crippen LogP) is 1.71. The van der Waals surface area contributed by atoms with Crippen LogP contribution in [0.5, 0.6) is 5.75 Å². The minimum absolute atomic E-state index is 0.0782. The van der Waals surface area contributed by atoms with Crippen LogP contribution in [-0.4, -0.2) is 64.5 Å². The molecule has 4 rings (SSSR count). The number of carbonyl (C=O) groups excluding carboxylic acids is 2. The third-order valence-electron chi connectivity index (χ3n) is 5.57. The van der Waals surface area contributed by atoms with Gasteiger partial charge in [0.25, 0.3) is 0 Å². The van der Waals surface area contributed by atoms with Crippen molar-refractivity contribution in [2.24, 2.45) is 5.92 Å². The van der Waals surface area contributed by atoms with E-state index < -0.39 is 15.9 Å². The van der Waals surface area contributed by atoms with Crippen LogP contribution in [0.25, 0.3) is 0 Å². The third kappa shape index (κ3) is 4.62. The summed E-state index contributed by atoms with van der Waals surface area (Å²) in [6, 6.07) is 13.3. The van der Waals surface area contributed by atoms with Crippen LogP contribution >= 0.6 is 0 Å². The summed E-state index contributed by atoms with van der Waals surface area (Å²) in [5.41, 5.74) is 1.04. The molecule has 0 spiro atoms. The van der Waals surface area contributed by atoms with Gasteiger partial charge in [0.1, 0.15) is 5.75 Å². The van der Waals surface area contributed by atoms with E-state index >= 15 is 0 Å². The molecule has 10 heteroatoms. The molecule has 1 atom stereocenters. The van der Waals surface area contributed by atoms with E-state index in [0.717, 1.165) is 0 Å². The minimum Gasteiger partial charge on any atom is -0.497 e. The summed E-state index contributed by atoms with van der Waals surface area (Å²) in [6.07, 6.45) is 0.0782. The van der Waals surface area contributed by atoms with Gasteiger partial charge in [-0.05, 0) is 30.3 Å². The molecular weight excluding hydrogens is 434 g/mol. The first-order valence-electron chi connectivity index (χ1n) is 10.3. The van der Waals surface area contributed by atoms with E-state index in [1.54, 1.807) is 48.4 Å². The Bertz CT molecular complexity index is 1110. The molecule has 2 heterocycles. The highest BCUT2D eigenvalue weighted by Crippen LogP contribution is 2.29. The number of hydrogen-bond donors (Lipinski definition) is 1. The van der Waals surface area contributed by atoms with Crippen LogP contribution in [0.3, 0.4) is 0 Å². The highest BCUT2D eigenvalue weighted by molar-refractivity contribution is 7.89. The summed E-state index contributed by atoms with van der Waals surface area (Å²) in [5, 5.41) is 2.76. The molecule has 32 heavy (non-hydrogen) atoms. The van der Waals surface area contributed by atoms with Crippen LogP contribution in [0.15, 0.2) is 53.4 Å². The van der Waals surface area contributed by atoms with Crippen molar-refractivity contribution in [3.63, 3.8) is 0 Å². The number of carbonyl (C=O) groups is 2. The lowest BCUT2D eigenvalue weighted by Gasteiger charge is -2.26. The first-order valence-corrected chi connectivity index (χ1v) is 11.8. The van der Waals surface area contributed by atoms with E-state index in [0.29, 0.717) is 43.4 Å². The van der Waals surface area contributed by atoms with Crippen LogP contribution in [0, 0.1) is 5.92 Å². The minimum atomic E-state index is -3.67. The lowest BCUT2D eigenvalue weighted by atomic mass is 10.1. The van der Waals surface area contributed by atoms with Crippen LogP contribution in [0.1, 0.15) is 6.42 Å². The average Bonchev–Trinajstić information content (AvgIpc) is 3.21. The molecule has 0 aliphatic carbocycles. The average molecular weight is 460 g/mol. The Kier molecular flexibility index (Phi) is 6.45. The van der Waals surface area contributed by atoms with E-state index in [2.05, 4.69) is 5.32 Å². The lowest BCUT2D eigenvalue weighted by molar-refractivity contribution is -0.122. The van der Waals surface area contributed by atoms with Gasteiger partial charge in [-0.15, -0.1) is 0 Å². The van der Waals surface area contributed by atoms with Gasteiger partial charge < -0.3 is 19.7 Å². The number of benzene rings is 2. The molecule has 2 aromatic rings. The number of hydrogen-bond acceptors (Lipinski definition) is 6. The number of rotatable bonds is 6.